The molecule has 0 spiro atoms. The van der Waals surface area contributed by atoms with Gasteiger partial charge in [0.2, 0.25) is 0 Å². The van der Waals surface area contributed by atoms with Crippen LogP contribution in [0.25, 0.3) is 11.3 Å². The van der Waals surface area contributed by atoms with E-state index in [0.717, 1.165) is 17.7 Å². The standard InChI is InChI=1S/C28H28FN5O2/c1-18(20-8-10-22(11-9-20)28(36)31-26-16-23(29)12-13-24(26)30)34-27(35)15-14-25(32-34)21-6-4-19(5-7-21)17-33(2)3/h4-16,18H,17,30H2,1-3H3,(H,31,36)/t18-/m0/s1. The van der Waals surface area contributed by atoms with E-state index in [1.165, 1.54) is 34.5 Å². The van der Waals surface area contributed by atoms with Crippen LogP contribution in [0.2, 0.25) is 0 Å². The Bertz CT molecular complexity index is 1430. The number of benzene rings is 3. The van der Waals surface area contributed by atoms with Crippen molar-refractivity contribution in [1.82, 2.24) is 14.7 Å². The molecule has 0 aliphatic carbocycles. The van der Waals surface area contributed by atoms with Crippen LogP contribution in [0.1, 0.15) is 34.5 Å². The van der Waals surface area contributed by atoms with E-state index in [0.29, 0.717) is 11.3 Å². The maximum absolute atomic E-state index is 13.5. The number of hydrogen-bond acceptors (Lipinski definition) is 5. The first-order chi connectivity index (χ1) is 17.2. The second-order valence-corrected chi connectivity index (χ2v) is 8.92. The molecule has 36 heavy (non-hydrogen) atoms. The van der Waals surface area contributed by atoms with E-state index in [4.69, 9.17) is 5.73 Å². The Labute approximate surface area is 209 Å². The second-order valence-electron chi connectivity index (χ2n) is 8.92. The summed E-state index contributed by atoms with van der Waals surface area (Å²) in [6.45, 7) is 2.72. The summed E-state index contributed by atoms with van der Waals surface area (Å²) < 4.78 is 14.9. The molecule has 8 heteroatoms. The predicted molar refractivity (Wildman–Crippen MR) is 140 cm³/mol. The lowest BCUT2D eigenvalue weighted by Crippen LogP contribution is -2.26. The van der Waals surface area contributed by atoms with E-state index in [9.17, 15) is 14.0 Å². The van der Waals surface area contributed by atoms with Crippen LogP contribution >= 0.6 is 0 Å². The first kappa shape index (κ1) is 24.8. The number of aromatic nitrogens is 2. The number of carbonyl (C=O) groups is 1. The fourth-order valence-corrected chi connectivity index (χ4v) is 3.89. The predicted octanol–water partition coefficient (Wildman–Crippen LogP) is 4.55. The van der Waals surface area contributed by atoms with Gasteiger partial charge in [0.15, 0.2) is 0 Å². The number of rotatable bonds is 7. The number of halogens is 1. The molecule has 7 nitrogen and oxygen atoms in total. The van der Waals surface area contributed by atoms with Gasteiger partial charge in [-0.3, -0.25) is 9.59 Å². The zero-order chi connectivity index (χ0) is 25.8. The normalized spacial score (nSPS) is 11.9. The van der Waals surface area contributed by atoms with Gasteiger partial charge >= 0.3 is 0 Å². The molecular weight excluding hydrogens is 457 g/mol. The van der Waals surface area contributed by atoms with Crippen molar-refractivity contribution in [1.29, 1.82) is 0 Å². The number of nitrogens with zero attached hydrogens (tertiary/aromatic N) is 3. The summed E-state index contributed by atoms with van der Waals surface area (Å²) in [7, 11) is 4.04. The molecular formula is C28H28FN5O2. The SMILES string of the molecule is C[C@@H](c1ccc(C(=O)Nc2cc(F)ccc2N)cc1)n1nc(-c2ccc(CN(C)C)cc2)ccc1=O. The highest BCUT2D eigenvalue weighted by atomic mass is 19.1. The molecule has 0 fully saturated rings. The van der Waals surface area contributed by atoms with Crippen molar-refractivity contribution >= 4 is 17.3 Å². The summed E-state index contributed by atoms with van der Waals surface area (Å²) in [6.07, 6.45) is 0. The molecule has 4 rings (SSSR count). The third kappa shape index (κ3) is 5.67. The molecule has 0 aliphatic rings. The summed E-state index contributed by atoms with van der Waals surface area (Å²) in [5, 5.41) is 7.23. The Balaban J connectivity index is 1.53. The van der Waals surface area contributed by atoms with Gasteiger partial charge in [-0.15, -0.1) is 0 Å². The number of anilines is 2. The van der Waals surface area contributed by atoms with Crippen molar-refractivity contribution in [2.75, 3.05) is 25.1 Å². The Morgan fingerprint density at radius 2 is 1.72 bits per heavy atom. The topological polar surface area (TPSA) is 93.2 Å². The molecule has 1 atom stereocenters. The molecule has 0 saturated carbocycles. The maximum atomic E-state index is 13.5. The van der Waals surface area contributed by atoms with E-state index in [-0.39, 0.29) is 23.0 Å². The average molecular weight is 486 g/mol. The highest BCUT2D eigenvalue weighted by molar-refractivity contribution is 6.05. The largest absolute Gasteiger partial charge is 0.397 e. The maximum Gasteiger partial charge on any atom is 0.267 e. The van der Waals surface area contributed by atoms with Gasteiger partial charge in [0.05, 0.1) is 23.1 Å². The van der Waals surface area contributed by atoms with Crippen molar-refractivity contribution in [3.63, 3.8) is 0 Å². The molecule has 0 aliphatic heterocycles. The van der Waals surface area contributed by atoms with Crippen LogP contribution in [0.15, 0.2) is 83.7 Å². The van der Waals surface area contributed by atoms with Crippen LogP contribution in [0.4, 0.5) is 15.8 Å². The van der Waals surface area contributed by atoms with Crippen molar-refractivity contribution in [2.24, 2.45) is 0 Å². The first-order valence-electron chi connectivity index (χ1n) is 11.5. The second kappa shape index (κ2) is 10.5. The minimum absolute atomic E-state index is 0.208. The van der Waals surface area contributed by atoms with Gasteiger partial charge in [-0.05, 0) is 68.5 Å². The lowest BCUT2D eigenvalue weighted by Gasteiger charge is -2.16. The van der Waals surface area contributed by atoms with Crippen LogP contribution in [-0.4, -0.2) is 34.7 Å². The molecule has 0 unspecified atom stereocenters. The molecule has 1 aromatic heterocycles. The Morgan fingerprint density at radius 3 is 2.39 bits per heavy atom. The zero-order valence-corrected chi connectivity index (χ0v) is 20.4. The minimum Gasteiger partial charge on any atom is -0.397 e. The molecule has 1 amide bonds. The third-order valence-electron chi connectivity index (χ3n) is 5.86. The molecule has 0 bridgehead atoms. The number of nitrogens with two attached hydrogens (primary N) is 1. The van der Waals surface area contributed by atoms with E-state index < -0.39 is 11.7 Å². The van der Waals surface area contributed by atoms with Crippen molar-refractivity contribution < 1.29 is 9.18 Å². The van der Waals surface area contributed by atoms with Gasteiger partial charge in [0.25, 0.3) is 11.5 Å². The van der Waals surface area contributed by atoms with Crippen LogP contribution in [-0.2, 0) is 6.54 Å². The summed E-state index contributed by atoms with van der Waals surface area (Å²) in [5.41, 5.74) is 10.1. The van der Waals surface area contributed by atoms with Crippen LogP contribution in [0, 0.1) is 5.82 Å². The number of nitrogen functional groups attached to an aromatic ring is 1. The molecule has 4 aromatic rings. The first-order valence-corrected chi connectivity index (χ1v) is 11.5. The number of amides is 1. The Morgan fingerprint density at radius 1 is 1.03 bits per heavy atom. The molecule has 184 valence electrons. The van der Waals surface area contributed by atoms with Gasteiger partial charge in [-0.25, -0.2) is 9.07 Å². The van der Waals surface area contributed by atoms with E-state index >= 15 is 0 Å². The zero-order valence-electron chi connectivity index (χ0n) is 20.4. The van der Waals surface area contributed by atoms with Gasteiger partial charge in [0.1, 0.15) is 5.82 Å². The molecule has 0 radical (unpaired) electrons. The third-order valence-corrected chi connectivity index (χ3v) is 5.86. The summed E-state index contributed by atoms with van der Waals surface area (Å²) in [4.78, 5) is 27.3. The average Bonchev–Trinajstić information content (AvgIpc) is 2.86. The number of hydrogen-bond donors (Lipinski definition) is 2. The van der Waals surface area contributed by atoms with Gasteiger partial charge < -0.3 is 16.0 Å². The smallest absolute Gasteiger partial charge is 0.267 e. The van der Waals surface area contributed by atoms with E-state index in [2.05, 4.69) is 27.4 Å². The lowest BCUT2D eigenvalue weighted by molar-refractivity contribution is 0.102. The number of nitrogens with one attached hydrogen (secondary N) is 1. The van der Waals surface area contributed by atoms with Crippen LogP contribution in [0.5, 0.6) is 0 Å². The fraction of sp³-hybridized carbons (Fsp3) is 0.179. The lowest BCUT2D eigenvalue weighted by atomic mass is 10.1. The molecule has 1 heterocycles. The van der Waals surface area contributed by atoms with E-state index in [1.54, 1.807) is 30.3 Å². The molecule has 3 aromatic carbocycles. The van der Waals surface area contributed by atoms with Gasteiger partial charge in [-0.2, -0.15) is 5.10 Å². The van der Waals surface area contributed by atoms with Crippen LogP contribution < -0.4 is 16.6 Å². The van der Waals surface area contributed by atoms with Crippen LogP contribution in [0.3, 0.4) is 0 Å². The minimum atomic E-state index is -0.492. The van der Waals surface area contributed by atoms with Crippen molar-refractivity contribution in [2.45, 2.75) is 19.5 Å². The highest BCUT2D eigenvalue weighted by Crippen LogP contribution is 2.22. The molecule has 0 saturated heterocycles. The summed E-state index contributed by atoms with van der Waals surface area (Å²) in [5.74, 6) is -0.908. The number of carbonyl (C=O) groups excluding carboxylic acids is 1. The van der Waals surface area contributed by atoms with Crippen molar-refractivity contribution in [3.8, 4) is 11.3 Å². The van der Waals surface area contributed by atoms with Gasteiger partial charge in [-0.1, -0.05) is 36.4 Å². The monoisotopic (exact) mass is 485 g/mol. The summed E-state index contributed by atoms with van der Waals surface area (Å²) in [6, 6.07) is 21.6. The fourth-order valence-electron chi connectivity index (χ4n) is 3.89. The van der Waals surface area contributed by atoms with Crippen molar-refractivity contribution in [3.05, 3.63) is 112 Å². The van der Waals surface area contributed by atoms with Gasteiger partial charge in [0, 0.05) is 23.7 Å². The quantitative estimate of drug-likeness (QED) is 0.375. The Hall–Kier alpha value is -4.30. The molecule has 3 N–H and O–H groups in total. The summed E-state index contributed by atoms with van der Waals surface area (Å²) >= 11 is 0. The highest BCUT2D eigenvalue weighted by Gasteiger charge is 2.14. The van der Waals surface area contributed by atoms with E-state index in [1.807, 2.05) is 33.2 Å². The Kier molecular flexibility index (Phi) is 7.26.